The first kappa shape index (κ1) is 13.5. The molecule has 0 amide bonds. The molecule has 5 nitrogen and oxygen atoms in total. The SMILES string of the molecule is O=C(S)CC(O)C(=O)OC1CCC(O)CC1. The number of rotatable bonds is 4. The quantitative estimate of drug-likeness (QED) is 0.483. The summed E-state index contributed by atoms with van der Waals surface area (Å²) in [7, 11) is 0. The van der Waals surface area contributed by atoms with Crippen LogP contribution in [-0.2, 0) is 14.3 Å². The van der Waals surface area contributed by atoms with Crippen molar-refractivity contribution in [1.82, 2.24) is 0 Å². The predicted molar refractivity (Wildman–Crippen MR) is 59.0 cm³/mol. The van der Waals surface area contributed by atoms with Gasteiger partial charge >= 0.3 is 5.97 Å². The molecule has 1 aliphatic rings. The maximum atomic E-state index is 11.3. The summed E-state index contributed by atoms with van der Waals surface area (Å²) in [6, 6.07) is 0. The Labute approximate surface area is 99.2 Å². The van der Waals surface area contributed by atoms with E-state index in [1.54, 1.807) is 0 Å². The highest BCUT2D eigenvalue weighted by atomic mass is 32.1. The molecule has 0 radical (unpaired) electrons. The lowest BCUT2D eigenvalue weighted by Gasteiger charge is -2.25. The molecule has 16 heavy (non-hydrogen) atoms. The maximum absolute atomic E-state index is 11.3. The number of hydrogen-bond acceptors (Lipinski definition) is 5. The van der Waals surface area contributed by atoms with Crippen LogP contribution in [0.4, 0.5) is 0 Å². The van der Waals surface area contributed by atoms with Gasteiger partial charge in [0.1, 0.15) is 6.10 Å². The summed E-state index contributed by atoms with van der Waals surface area (Å²) in [5.41, 5.74) is 0. The van der Waals surface area contributed by atoms with Crippen LogP contribution in [0, 0.1) is 0 Å². The first-order chi connectivity index (χ1) is 7.49. The molecule has 1 fully saturated rings. The molecule has 0 aromatic rings. The Morgan fingerprint density at radius 2 is 1.88 bits per heavy atom. The Balaban J connectivity index is 2.31. The standard InChI is InChI=1S/C10H16O5S/c11-6-1-3-7(4-2-6)15-10(14)8(12)5-9(13)16/h6-8,11-12H,1-5H2,(H,13,16). The Morgan fingerprint density at radius 1 is 1.31 bits per heavy atom. The van der Waals surface area contributed by atoms with Crippen molar-refractivity contribution >= 4 is 23.7 Å². The van der Waals surface area contributed by atoms with Crippen LogP contribution in [0.2, 0.25) is 0 Å². The van der Waals surface area contributed by atoms with Crippen LogP contribution >= 0.6 is 12.6 Å². The van der Waals surface area contributed by atoms with Crippen molar-refractivity contribution in [3.8, 4) is 0 Å². The second-order valence-electron chi connectivity index (χ2n) is 3.98. The predicted octanol–water partition coefficient (Wildman–Crippen LogP) is 0.0405. The lowest BCUT2D eigenvalue weighted by atomic mass is 9.95. The van der Waals surface area contributed by atoms with Gasteiger partial charge in [0, 0.05) is 0 Å². The van der Waals surface area contributed by atoms with Gasteiger partial charge in [0.25, 0.3) is 0 Å². The first-order valence-corrected chi connectivity index (χ1v) is 5.72. The van der Waals surface area contributed by atoms with Gasteiger partial charge in [-0.2, -0.15) is 0 Å². The average molecular weight is 248 g/mol. The van der Waals surface area contributed by atoms with E-state index in [-0.39, 0.29) is 18.6 Å². The lowest BCUT2D eigenvalue weighted by Crippen LogP contribution is -2.32. The van der Waals surface area contributed by atoms with Gasteiger partial charge in [-0.05, 0) is 25.7 Å². The highest BCUT2D eigenvalue weighted by Gasteiger charge is 2.26. The summed E-state index contributed by atoms with van der Waals surface area (Å²) < 4.78 is 5.02. The Morgan fingerprint density at radius 3 is 2.38 bits per heavy atom. The maximum Gasteiger partial charge on any atom is 0.335 e. The van der Waals surface area contributed by atoms with Crippen molar-refractivity contribution in [3.05, 3.63) is 0 Å². The van der Waals surface area contributed by atoms with Crippen LogP contribution in [0.15, 0.2) is 0 Å². The average Bonchev–Trinajstić information content (AvgIpc) is 2.20. The minimum Gasteiger partial charge on any atom is -0.460 e. The second-order valence-corrected chi connectivity index (χ2v) is 4.48. The van der Waals surface area contributed by atoms with Gasteiger partial charge in [-0.1, -0.05) is 0 Å². The van der Waals surface area contributed by atoms with Crippen molar-refractivity contribution in [2.75, 3.05) is 0 Å². The molecule has 2 N–H and O–H groups in total. The van der Waals surface area contributed by atoms with Crippen molar-refractivity contribution in [2.24, 2.45) is 0 Å². The van der Waals surface area contributed by atoms with E-state index in [9.17, 15) is 19.8 Å². The summed E-state index contributed by atoms with van der Waals surface area (Å²) >= 11 is 3.47. The summed E-state index contributed by atoms with van der Waals surface area (Å²) in [6.07, 6.45) is 0.0236. The van der Waals surface area contributed by atoms with Gasteiger partial charge in [-0.3, -0.25) is 4.79 Å². The molecule has 0 heterocycles. The third-order valence-corrected chi connectivity index (χ3v) is 2.75. The van der Waals surface area contributed by atoms with E-state index in [4.69, 9.17) is 4.74 Å². The fourth-order valence-corrected chi connectivity index (χ4v) is 1.83. The van der Waals surface area contributed by atoms with E-state index >= 15 is 0 Å². The molecule has 0 saturated heterocycles. The molecule has 1 unspecified atom stereocenters. The van der Waals surface area contributed by atoms with Crippen LogP contribution in [0.1, 0.15) is 32.1 Å². The molecule has 1 saturated carbocycles. The zero-order valence-corrected chi connectivity index (χ0v) is 9.73. The summed E-state index contributed by atoms with van der Waals surface area (Å²) in [6.45, 7) is 0. The van der Waals surface area contributed by atoms with E-state index in [0.717, 1.165) is 0 Å². The van der Waals surface area contributed by atoms with Crippen LogP contribution in [-0.4, -0.2) is 39.6 Å². The molecule has 6 heteroatoms. The van der Waals surface area contributed by atoms with Crippen molar-refractivity contribution in [1.29, 1.82) is 0 Å². The Kier molecular flexibility index (Phi) is 5.24. The second kappa shape index (κ2) is 6.22. The van der Waals surface area contributed by atoms with Gasteiger partial charge in [-0.25, -0.2) is 4.79 Å². The zero-order chi connectivity index (χ0) is 12.1. The molecule has 1 aliphatic carbocycles. The number of carbonyl (C=O) groups excluding carboxylic acids is 2. The monoisotopic (exact) mass is 248 g/mol. The molecular formula is C10H16O5S. The lowest BCUT2D eigenvalue weighted by molar-refractivity contribution is -0.162. The van der Waals surface area contributed by atoms with Gasteiger partial charge in [0.2, 0.25) is 0 Å². The minimum atomic E-state index is -1.43. The van der Waals surface area contributed by atoms with Gasteiger partial charge in [0.05, 0.1) is 12.5 Å². The fourth-order valence-electron chi connectivity index (χ4n) is 1.65. The van der Waals surface area contributed by atoms with E-state index in [0.29, 0.717) is 25.7 Å². The number of hydrogen-bond donors (Lipinski definition) is 3. The molecule has 1 atom stereocenters. The van der Waals surface area contributed by atoms with Gasteiger partial charge in [0.15, 0.2) is 11.2 Å². The normalized spacial score (nSPS) is 27.2. The van der Waals surface area contributed by atoms with Crippen LogP contribution < -0.4 is 0 Å². The molecular weight excluding hydrogens is 232 g/mol. The van der Waals surface area contributed by atoms with E-state index < -0.39 is 17.2 Å². The number of aliphatic hydroxyl groups is 2. The highest BCUT2D eigenvalue weighted by molar-refractivity contribution is 7.96. The zero-order valence-electron chi connectivity index (χ0n) is 8.83. The minimum absolute atomic E-state index is 0.263. The van der Waals surface area contributed by atoms with Crippen LogP contribution in [0.5, 0.6) is 0 Å². The topological polar surface area (TPSA) is 83.8 Å². The van der Waals surface area contributed by atoms with E-state index in [1.165, 1.54) is 0 Å². The Bertz CT molecular complexity index is 260. The van der Waals surface area contributed by atoms with Gasteiger partial charge < -0.3 is 14.9 Å². The van der Waals surface area contributed by atoms with Crippen molar-refractivity contribution in [3.63, 3.8) is 0 Å². The molecule has 0 aromatic heterocycles. The fraction of sp³-hybridized carbons (Fsp3) is 0.800. The number of carbonyl (C=O) groups is 2. The first-order valence-electron chi connectivity index (χ1n) is 5.27. The Hall–Kier alpha value is -0.590. The molecule has 0 bridgehead atoms. The van der Waals surface area contributed by atoms with Crippen molar-refractivity contribution in [2.45, 2.75) is 50.4 Å². The summed E-state index contributed by atoms with van der Waals surface area (Å²) in [4.78, 5) is 21.9. The van der Waals surface area contributed by atoms with E-state index in [1.807, 2.05) is 0 Å². The highest BCUT2D eigenvalue weighted by Crippen LogP contribution is 2.21. The number of ether oxygens (including phenoxy) is 1. The van der Waals surface area contributed by atoms with Crippen LogP contribution in [0.3, 0.4) is 0 Å². The van der Waals surface area contributed by atoms with Crippen molar-refractivity contribution < 1.29 is 24.5 Å². The molecule has 0 aromatic carbocycles. The number of esters is 1. The summed E-state index contributed by atoms with van der Waals surface area (Å²) in [5, 5.41) is 18.0. The van der Waals surface area contributed by atoms with E-state index in [2.05, 4.69) is 12.6 Å². The van der Waals surface area contributed by atoms with Gasteiger partial charge in [-0.15, -0.1) is 12.6 Å². The molecule has 0 aliphatic heterocycles. The number of thiol groups is 1. The smallest absolute Gasteiger partial charge is 0.335 e. The largest absolute Gasteiger partial charge is 0.460 e. The third kappa shape index (κ3) is 4.51. The molecule has 92 valence electrons. The third-order valence-electron chi connectivity index (χ3n) is 2.57. The summed E-state index contributed by atoms with van der Waals surface area (Å²) in [5.74, 6) is -0.788. The molecule has 0 spiro atoms. The van der Waals surface area contributed by atoms with Crippen LogP contribution in [0.25, 0.3) is 0 Å². The number of aliphatic hydroxyl groups excluding tert-OH is 2. The molecule has 1 rings (SSSR count).